The molecule has 2 fully saturated rings. The van der Waals surface area contributed by atoms with Gasteiger partial charge in [0.05, 0.1) is 0 Å². The van der Waals surface area contributed by atoms with Crippen LogP contribution in [-0.4, -0.2) is 33.2 Å². The van der Waals surface area contributed by atoms with Crippen molar-refractivity contribution in [3.05, 3.63) is 47.0 Å². The molecule has 23 heavy (non-hydrogen) atoms. The highest BCUT2D eigenvalue weighted by atomic mass is 19.1. The van der Waals surface area contributed by atoms with Gasteiger partial charge in [0.2, 0.25) is 0 Å². The standard InChI is InChI=1S/C17H20F2N4/c18-14-7-11(8-15(19)9-14)10-23-5-3-13(4-6-23)17-20-16(21-22-17)12-1-2-12/h7-9,12-13H,1-6,10H2,(H,20,21,22). The molecule has 0 atom stereocenters. The first-order valence-corrected chi connectivity index (χ1v) is 8.27. The van der Waals surface area contributed by atoms with Crippen molar-refractivity contribution < 1.29 is 8.78 Å². The molecular formula is C17H20F2N4. The molecule has 4 nitrogen and oxygen atoms in total. The summed E-state index contributed by atoms with van der Waals surface area (Å²) in [7, 11) is 0. The molecule has 0 radical (unpaired) electrons. The Bertz CT molecular complexity index is 667. The first kappa shape index (κ1) is 14.8. The first-order chi connectivity index (χ1) is 11.2. The highest BCUT2D eigenvalue weighted by Crippen LogP contribution is 2.38. The highest BCUT2D eigenvalue weighted by Gasteiger charge is 2.30. The van der Waals surface area contributed by atoms with Crippen LogP contribution in [0, 0.1) is 11.6 Å². The van der Waals surface area contributed by atoms with Gasteiger partial charge in [-0.25, -0.2) is 13.8 Å². The largest absolute Gasteiger partial charge is 0.299 e. The molecule has 122 valence electrons. The average Bonchev–Trinajstić information content (AvgIpc) is 3.25. The van der Waals surface area contributed by atoms with Crippen molar-refractivity contribution in [2.75, 3.05) is 13.1 Å². The predicted molar refractivity (Wildman–Crippen MR) is 82.0 cm³/mol. The van der Waals surface area contributed by atoms with Crippen LogP contribution in [0.1, 0.15) is 54.7 Å². The second-order valence-corrected chi connectivity index (χ2v) is 6.68. The van der Waals surface area contributed by atoms with Gasteiger partial charge in [-0.2, -0.15) is 5.10 Å². The summed E-state index contributed by atoms with van der Waals surface area (Å²) in [4.78, 5) is 6.88. The molecule has 0 bridgehead atoms. The van der Waals surface area contributed by atoms with E-state index in [0.29, 0.717) is 23.9 Å². The van der Waals surface area contributed by atoms with Gasteiger partial charge in [0.25, 0.3) is 0 Å². The molecule has 0 unspecified atom stereocenters. The van der Waals surface area contributed by atoms with E-state index < -0.39 is 11.6 Å². The Morgan fingerprint density at radius 2 is 1.70 bits per heavy atom. The summed E-state index contributed by atoms with van der Waals surface area (Å²) in [6.45, 7) is 2.40. The Labute approximate surface area is 133 Å². The van der Waals surface area contributed by atoms with Crippen LogP contribution in [0.5, 0.6) is 0 Å². The zero-order valence-corrected chi connectivity index (χ0v) is 12.9. The van der Waals surface area contributed by atoms with E-state index >= 15 is 0 Å². The fourth-order valence-electron chi connectivity index (χ4n) is 3.32. The number of piperidine rings is 1. The van der Waals surface area contributed by atoms with Crippen molar-refractivity contribution in [2.24, 2.45) is 0 Å². The maximum Gasteiger partial charge on any atom is 0.153 e. The average molecular weight is 318 g/mol. The van der Waals surface area contributed by atoms with Gasteiger partial charge in [-0.05, 0) is 56.5 Å². The van der Waals surface area contributed by atoms with Crippen LogP contribution in [0.3, 0.4) is 0 Å². The van der Waals surface area contributed by atoms with Gasteiger partial charge in [0, 0.05) is 24.4 Å². The molecule has 1 N–H and O–H groups in total. The summed E-state index contributed by atoms with van der Waals surface area (Å²) < 4.78 is 26.5. The molecule has 1 saturated carbocycles. The van der Waals surface area contributed by atoms with Gasteiger partial charge in [0.15, 0.2) is 5.82 Å². The lowest BCUT2D eigenvalue weighted by atomic mass is 9.96. The van der Waals surface area contributed by atoms with Gasteiger partial charge < -0.3 is 0 Å². The Morgan fingerprint density at radius 1 is 1.00 bits per heavy atom. The Balaban J connectivity index is 1.34. The van der Waals surface area contributed by atoms with Crippen LogP contribution < -0.4 is 0 Å². The van der Waals surface area contributed by atoms with Gasteiger partial charge in [-0.1, -0.05) is 0 Å². The molecule has 4 rings (SSSR count). The van der Waals surface area contributed by atoms with E-state index in [1.807, 2.05) is 0 Å². The first-order valence-electron chi connectivity index (χ1n) is 8.27. The van der Waals surface area contributed by atoms with Gasteiger partial charge in [-0.15, -0.1) is 0 Å². The lowest BCUT2D eigenvalue weighted by Gasteiger charge is -2.30. The Kier molecular flexibility index (Phi) is 3.85. The number of nitrogens with one attached hydrogen (secondary N) is 1. The summed E-state index contributed by atoms with van der Waals surface area (Å²) in [5, 5.41) is 7.42. The topological polar surface area (TPSA) is 44.8 Å². The summed E-state index contributed by atoms with van der Waals surface area (Å²) in [5.41, 5.74) is 0.691. The quantitative estimate of drug-likeness (QED) is 0.940. The second-order valence-electron chi connectivity index (χ2n) is 6.68. The van der Waals surface area contributed by atoms with Gasteiger partial charge in [0.1, 0.15) is 17.5 Å². The fraction of sp³-hybridized carbons (Fsp3) is 0.529. The van der Waals surface area contributed by atoms with Crippen molar-refractivity contribution in [3.63, 3.8) is 0 Å². The number of benzene rings is 1. The van der Waals surface area contributed by atoms with Crippen LogP contribution in [0.2, 0.25) is 0 Å². The van der Waals surface area contributed by atoms with Crippen LogP contribution in [0.25, 0.3) is 0 Å². The highest BCUT2D eigenvalue weighted by molar-refractivity contribution is 5.18. The lowest BCUT2D eigenvalue weighted by molar-refractivity contribution is 0.201. The van der Waals surface area contributed by atoms with Crippen molar-refractivity contribution in [1.82, 2.24) is 20.1 Å². The van der Waals surface area contributed by atoms with E-state index in [4.69, 9.17) is 0 Å². The summed E-state index contributed by atoms with van der Waals surface area (Å²) >= 11 is 0. The normalized spacial score (nSPS) is 20.1. The molecule has 1 aliphatic carbocycles. The third-order valence-electron chi connectivity index (χ3n) is 4.77. The van der Waals surface area contributed by atoms with E-state index in [2.05, 4.69) is 20.1 Å². The number of H-pyrrole nitrogens is 1. The summed E-state index contributed by atoms with van der Waals surface area (Å²) in [6.07, 6.45) is 4.41. The van der Waals surface area contributed by atoms with Gasteiger partial charge >= 0.3 is 0 Å². The number of hydrogen-bond donors (Lipinski definition) is 1. The number of aromatic nitrogens is 3. The molecule has 0 spiro atoms. The SMILES string of the molecule is Fc1cc(F)cc(CN2CCC(c3nc(C4CC4)n[nH]3)CC2)c1. The van der Waals surface area contributed by atoms with E-state index in [1.165, 1.54) is 25.0 Å². The van der Waals surface area contributed by atoms with Crippen LogP contribution in [-0.2, 0) is 6.54 Å². The maximum atomic E-state index is 13.3. The minimum atomic E-state index is -0.510. The fourth-order valence-corrected chi connectivity index (χ4v) is 3.32. The third kappa shape index (κ3) is 3.42. The lowest BCUT2D eigenvalue weighted by Crippen LogP contribution is -2.32. The second kappa shape index (κ2) is 6.00. The van der Waals surface area contributed by atoms with Gasteiger partial charge in [-0.3, -0.25) is 10.00 Å². The minimum absolute atomic E-state index is 0.412. The molecular weight excluding hydrogens is 298 g/mol. The van der Waals surface area contributed by atoms with E-state index in [-0.39, 0.29) is 0 Å². The zero-order valence-electron chi connectivity index (χ0n) is 12.9. The molecule has 2 aromatic rings. The monoisotopic (exact) mass is 318 g/mol. The molecule has 1 aromatic heterocycles. The van der Waals surface area contributed by atoms with Crippen LogP contribution >= 0.6 is 0 Å². The molecule has 2 aliphatic rings. The van der Waals surface area contributed by atoms with Crippen LogP contribution in [0.15, 0.2) is 18.2 Å². The van der Waals surface area contributed by atoms with Crippen LogP contribution in [0.4, 0.5) is 8.78 Å². The van der Waals surface area contributed by atoms with E-state index in [0.717, 1.165) is 43.6 Å². The number of aromatic amines is 1. The number of halogens is 2. The van der Waals surface area contributed by atoms with Crippen molar-refractivity contribution in [2.45, 2.75) is 44.1 Å². The summed E-state index contributed by atoms with van der Waals surface area (Å²) in [5.74, 6) is 1.94. The number of hydrogen-bond acceptors (Lipinski definition) is 3. The third-order valence-corrected chi connectivity index (χ3v) is 4.77. The predicted octanol–water partition coefficient (Wildman–Crippen LogP) is 3.34. The number of rotatable bonds is 4. The molecule has 1 aromatic carbocycles. The summed E-state index contributed by atoms with van der Waals surface area (Å²) in [6, 6.07) is 3.73. The molecule has 2 heterocycles. The molecule has 1 saturated heterocycles. The number of likely N-dealkylation sites (tertiary alicyclic amines) is 1. The van der Waals surface area contributed by atoms with Crippen molar-refractivity contribution in [1.29, 1.82) is 0 Å². The molecule has 1 aliphatic heterocycles. The van der Waals surface area contributed by atoms with Crippen molar-refractivity contribution in [3.8, 4) is 0 Å². The van der Waals surface area contributed by atoms with Crippen molar-refractivity contribution >= 4 is 0 Å². The molecule has 6 heteroatoms. The van der Waals surface area contributed by atoms with E-state index in [9.17, 15) is 8.78 Å². The maximum absolute atomic E-state index is 13.3. The molecule has 0 amide bonds. The number of nitrogens with zero attached hydrogens (tertiary/aromatic N) is 3. The smallest absolute Gasteiger partial charge is 0.153 e. The Morgan fingerprint density at radius 3 is 2.35 bits per heavy atom. The zero-order chi connectivity index (χ0) is 15.8. The Hall–Kier alpha value is -1.82. The minimum Gasteiger partial charge on any atom is -0.299 e. The van der Waals surface area contributed by atoms with E-state index in [1.54, 1.807) is 0 Å².